The Hall–Kier alpha value is -3.88. The van der Waals surface area contributed by atoms with E-state index in [1.165, 1.54) is 54.3 Å². The third-order valence-corrected chi connectivity index (χ3v) is 8.66. The van der Waals surface area contributed by atoms with Gasteiger partial charge >= 0.3 is 5.97 Å². The van der Waals surface area contributed by atoms with Gasteiger partial charge in [-0.1, -0.05) is 30.3 Å². The Morgan fingerprint density at radius 1 is 0.951 bits per heavy atom. The van der Waals surface area contributed by atoms with Crippen LogP contribution in [0.25, 0.3) is 20.5 Å². The van der Waals surface area contributed by atoms with Crippen LogP contribution in [0.5, 0.6) is 11.5 Å². The van der Waals surface area contributed by atoms with Crippen molar-refractivity contribution in [1.82, 2.24) is 4.90 Å². The molecule has 2 N–H and O–H groups in total. The van der Waals surface area contributed by atoms with Crippen LogP contribution >= 0.6 is 11.3 Å². The molecule has 0 saturated carbocycles. The molecule has 0 bridgehead atoms. The van der Waals surface area contributed by atoms with Gasteiger partial charge in [0.15, 0.2) is 0 Å². The zero-order valence-electron chi connectivity index (χ0n) is 23.4. The first kappa shape index (κ1) is 28.6. The van der Waals surface area contributed by atoms with Crippen molar-refractivity contribution in [2.75, 3.05) is 40.0 Å². The van der Waals surface area contributed by atoms with Crippen LogP contribution in [0.15, 0.2) is 66.7 Å². The second kappa shape index (κ2) is 13.7. The second-order valence-electron chi connectivity index (χ2n) is 10.2. The summed E-state index contributed by atoms with van der Waals surface area (Å²) in [5, 5.41) is 1.20. The second-order valence-corrected chi connectivity index (χ2v) is 11.3. The van der Waals surface area contributed by atoms with Crippen LogP contribution in [0.2, 0.25) is 0 Å². The lowest BCUT2D eigenvalue weighted by Gasteiger charge is -2.15. The zero-order valence-corrected chi connectivity index (χ0v) is 24.2. The number of benzene rings is 3. The molecule has 0 atom stereocenters. The van der Waals surface area contributed by atoms with Gasteiger partial charge in [-0.15, -0.1) is 11.3 Å². The number of carbonyl (C=O) groups excluding carboxylic acids is 2. The average molecular weight is 573 g/mol. The van der Waals surface area contributed by atoms with E-state index in [9.17, 15) is 9.59 Å². The Bertz CT molecular complexity index is 1490. The van der Waals surface area contributed by atoms with E-state index < -0.39 is 5.91 Å². The first-order valence-corrected chi connectivity index (χ1v) is 14.9. The van der Waals surface area contributed by atoms with Crippen molar-refractivity contribution < 1.29 is 23.8 Å². The van der Waals surface area contributed by atoms with Gasteiger partial charge in [-0.25, -0.2) is 0 Å². The molecule has 214 valence electrons. The summed E-state index contributed by atoms with van der Waals surface area (Å²) in [6.45, 7) is 4.29. The highest BCUT2D eigenvalue weighted by Crippen LogP contribution is 2.41. The number of ether oxygens (including phenoxy) is 3. The number of likely N-dealkylation sites (tertiary alicyclic amines) is 1. The monoisotopic (exact) mass is 572 g/mol. The Labute approximate surface area is 244 Å². The Kier molecular flexibility index (Phi) is 9.54. The van der Waals surface area contributed by atoms with Crippen molar-refractivity contribution in [3.63, 3.8) is 0 Å². The number of fused-ring (bicyclic) bond motifs is 1. The summed E-state index contributed by atoms with van der Waals surface area (Å²) in [5.74, 6) is 0.444. The number of esters is 1. The smallest absolute Gasteiger partial charge is 0.305 e. The van der Waals surface area contributed by atoms with Gasteiger partial charge in [0.05, 0.1) is 19.3 Å². The molecule has 0 spiro atoms. The van der Waals surface area contributed by atoms with E-state index in [2.05, 4.69) is 40.0 Å². The number of carbonyl (C=O) groups is 2. The molecule has 1 aromatic heterocycles. The van der Waals surface area contributed by atoms with Crippen molar-refractivity contribution in [1.29, 1.82) is 0 Å². The van der Waals surface area contributed by atoms with Crippen molar-refractivity contribution in [2.24, 2.45) is 5.73 Å². The van der Waals surface area contributed by atoms with Crippen molar-refractivity contribution in [2.45, 2.75) is 32.1 Å². The third kappa shape index (κ3) is 7.26. The van der Waals surface area contributed by atoms with Crippen LogP contribution in [-0.2, 0) is 16.0 Å². The number of hydrogen-bond acceptors (Lipinski definition) is 7. The molecule has 3 aromatic carbocycles. The molecule has 1 aliphatic rings. The van der Waals surface area contributed by atoms with Gasteiger partial charge in [0.25, 0.3) is 5.91 Å². The summed E-state index contributed by atoms with van der Waals surface area (Å²) >= 11 is 1.70. The van der Waals surface area contributed by atoms with Gasteiger partial charge < -0.3 is 19.9 Å². The summed E-state index contributed by atoms with van der Waals surface area (Å²) in [5.41, 5.74) is 9.37. The predicted octanol–water partition coefficient (Wildman–Crippen LogP) is 6.06. The SMILES string of the molecule is COC(=O)CCCOc1ccc(-c2sc3ccccc3c2Cc2ccc(OCCN3CCCC3)cc2)cc1C(N)=O. The highest BCUT2D eigenvalue weighted by atomic mass is 32.1. The van der Waals surface area contributed by atoms with E-state index in [1.54, 1.807) is 17.4 Å². The minimum Gasteiger partial charge on any atom is -0.493 e. The summed E-state index contributed by atoms with van der Waals surface area (Å²) < 4.78 is 17.7. The highest BCUT2D eigenvalue weighted by molar-refractivity contribution is 7.22. The van der Waals surface area contributed by atoms with Gasteiger partial charge in [0.1, 0.15) is 18.1 Å². The molecule has 7 nitrogen and oxygen atoms in total. The summed E-state index contributed by atoms with van der Waals surface area (Å²) in [6.07, 6.45) is 4.04. The standard InChI is InChI=1S/C33H36N2O5S/c1-38-31(36)9-6-19-40-29-15-12-24(22-28(29)33(34)37)32-27(26-7-2-3-8-30(26)41-32)21-23-10-13-25(14-11-23)39-20-18-35-16-4-5-17-35/h2-3,7-8,10-15,22H,4-6,9,16-21H2,1H3,(H2,34,37). The van der Waals surface area contributed by atoms with Gasteiger partial charge in [-0.2, -0.15) is 0 Å². The van der Waals surface area contributed by atoms with E-state index in [-0.39, 0.29) is 19.0 Å². The summed E-state index contributed by atoms with van der Waals surface area (Å²) in [6, 6.07) is 22.3. The molecule has 1 saturated heterocycles. The van der Waals surface area contributed by atoms with E-state index in [1.807, 2.05) is 30.3 Å². The maximum Gasteiger partial charge on any atom is 0.305 e. The molecule has 1 aliphatic heterocycles. The molecule has 5 rings (SSSR count). The number of methoxy groups -OCH3 is 1. The molecular formula is C33H36N2O5S. The molecule has 8 heteroatoms. The van der Waals surface area contributed by atoms with Crippen LogP contribution in [0.4, 0.5) is 0 Å². The Morgan fingerprint density at radius 3 is 2.49 bits per heavy atom. The maximum atomic E-state index is 12.4. The number of nitrogens with two attached hydrogens (primary N) is 1. The Balaban J connectivity index is 1.34. The number of hydrogen-bond donors (Lipinski definition) is 1. The number of thiophene rings is 1. The molecular weight excluding hydrogens is 536 g/mol. The van der Waals surface area contributed by atoms with Gasteiger partial charge in [-0.05, 0) is 97.2 Å². The van der Waals surface area contributed by atoms with E-state index in [0.29, 0.717) is 24.3 Å². The van der Waals surface area contributed by atoms with Gasteiger partial charge in [0, 0.05) is 22.5 Å². The van der Waals surface area contributed by atoms with Crippen LogP contribution in [0.1, 0.15) is 47.2 Å². The first-order valence-electron chi connectivity index (χ1n) is 14.1. The van der Waals surface area contributed by atoms with Crippen molar-refractivity contribution in [3.8, 4) is 21.9 Å². The lowest BCUT2D eigenvalue weighted by atomic mass is 9.98. The highest BCUT2D eigenvalue weighted by Gasteiger charge is 2.18. The third-order valence-electron chi connectivity index (χ3n) is 7.40. The largest absolute Gasteiger partial charge is 0.493 e. The van der Waals surface area contributed by atoms with Gasteiger partial charge in [-0.3, -0.25) is 14.5 Å². The van der Waals surface area contributed by atoms with Gasteiger partial charge in [0.2, 0.25) is 0 Å². The van der Waals surface area contributed by atoms with E-state index in [4.69, 9.17) is 15.2 Å². The molecule has 2 heterocycles. The fourth-order valence-electron chi connectivity index (χ4n) is 5.20. The number of primary amides is 1. The Morgan fingerprint density at radius 2 is 1.73 bits per heavy atom. The minimum atomic E-state index is -0.558. The van der Waals surface area contributed by atoms with Crippen LogP contribution < -0.4 is 15.2 Å². The van der Waals surface area contributed by atoms with Crippen molar-refractivity contribution in [3.05, 3.63) is 83.4 Å². The fourth-order valence-corrected chi connectivity index (χ4v) is 6.42. The predicted molar refractivity (Wildman–Crippen MR) is 163 cm³/mol. The molecule has 1 fully saturated rings. The number of amides is 1. The van der Waals surface area contributed by atoms with Crippen molar-refractivity contribution >= 4 is 33.3 Å². The molecule has 41 heavy (non-hydrogen) atoms. The van der Waals surface area contributed by atoms with Crippen LogP contribution in [0, 0.1) is 0 Å². The van der Waals surface area contributed by atoms with Crippen LogP contribution in [-0.4, -0.2) is 56.7 Å². The number of rotatable bonds is 13. The first-order chi connectivity index (χ1) is 20.0. The fraction of sp³-hybridized carbons (Fsp3) is 0.333. The molecule has 0 radical (unpaired) electrons. The summed E-state index contributed by atoms with van der Waals surface area (Å²) in [4.78, 5) is 27.3. The maximum absolute atomic E-state index is 12.4. The zero-order chi connectivity index (χ0) is 28.6. The van der Waals surface area contributed by atoms with E-state index in [0.717, 1.165) is 29.2 Å². The lowest BCUT2D eigenvalue weighted by molar-refractivity contribution is -0.140. The van der Waals surface area contributed by atoms with Crippen LogP contribution in [0.3, 0.4) is 0 Å². The topological polar surface area (TPSA) is 91.1 Å². The molecule has 4 aromatic rings. The number of nitrogens with zero attached hydrogens (tertiary/aromatic N) is 1. The molecule has 1 amide bonds. The lowest BCUT2D eigenvalue weighted by Crippen LogP contribution is -2.25. The average Bonchev–Trinajstić information content (AvgIpc) is 3.64. The molecule has 0 unspecified atom stereocenters. The normalized spacial score (nSPS) is 13.4. The van der Waals surface area contributed by atoms with E-state index >= 15 is 0 Å². The molecule has 0 aliphatic carbocycles. The summed E-state index contributed by atoms with van der Waals surface area (Å²) in [7, 11) is 1.36. The minimum absolute atomic E-state index is 0.247. The quantitative estimate of drug-likeness (QED) is 0.155.